The number of amides is 2. The lowest BCUT2D eigenvalue weighted by molar-refractivity contribution is -0.143. The molecule has 0 atom stereocenters. The van der Waals surface area contributed by atoms with Crippen molar-refractivity contribution in [2.75, 3.05) is 14.2 Å². The van der Waals surface area contributed by atoms with E-state index < -0.39 is 11.8 Å². The molecule has 0 fully saturated rings. The van der Waals surface area contributed by atoms with E-state index in [0.29, 0.717) is 0 Å². The highest BCUT2D eigenvalue weighted by atomic mass is 16.5. The second kappa shape index (κ2) is 5.53. The Morgan fingerprint density at radius 1 is 1.33 bits per heavy atom. The third-order valence-electron chi connectivity index (χ3n) is 2.67. The Hall–Kier alpha value is -2.04. The number of aryl methyl sites for hydroxylation is 2. The summed E-state index contributed by atoms with van der Waals surface area (Å²) in [6.07, 6.45) is 0. The molecule has 0 radical (unpaired) electrons. The van der Waals surface area contributed by atoms with Gasteiger partial charge in [-0.15, -0.1) is 0 Å². The van der Waals surface area contributed by atoms with Gasteiger partial charge in [0, 0.05) is 19.2 Å². The maximum absolute atomic E-state index is 11.4. The molecule has 0 saturated heterocycles. The van der Waals surface area contributed by atoms with E-state index in [0.717, 1.165) is 22.4 Å². The zero-order chi connectivity index (χ0) is 13.9. The zero-order valence-corrected chi connectivity index (χ0v) is 11.1. The van der Waals surface area contributed by atoms with Crippen LogP contribution < -0.4 is 10.5 Å². The van der Waals surface area contributed by atoms with Gasteiger partial charge in [-0.05, 0) is 19.4 Å². The Balaban J connectivity index is 3.03. The van der Waals surface area contributed by atoms with Crippen LogP contribution in [0.3, 0.4) is 0 Å². The van der Waals surface area contributed by atoms with Crippen LogP contribution in [0.4, 0.5) is 0 Å². The van der Waals surface area contributed by atoms with Crippen LogP contribution in [0.25, 0.3) is 0 Å². The minimum Gasteiger partial charge on any atom is -0.496 e. The van der Waals surface area contributed by atoms with E-state index >= 15 is 0 Å². The second-order valence-electron chi connectivity index (χ2n) is 4.30. The molecule has 0 saturated carbocycles. The highest BCUT2D eigenvalue weighted by Crippen LogP contribution is 2.26. The van der Waals surface area contributed by atoms with E-state index in [1.165, 1.54) is 11.9 Å². The predicted molar refractivity (Wildman–Crippen MR) is 68.1 cm³/mol. The summed E-state index contributed by atoms with van der Waals surface area (Å²) in [5, 5.41) is 0. The van der Waals surface area contributed by atoms with Crippen molar-refractivity contribution in [3.63, 3.8) is 0 Å². The number of methoxy groups -OCH3 is 1. The quantitative estimate of drug-likeness (QED) is 0.805. The number of rotatable bonds is 3. The molecule has 2 amide bonds. The van der Waals surface area contributed by atoms with Crippen molar-refractivity contribution in [2.24, 2.45) is 5.73 Å². The van der Waals surface area contributed by atoms with E-state index in [-0.39, 0.29) is 6.54 Å². The minimum atomic E-state index is -0.958. The molecular weight excluding hydrogens is 232 g/mol. The normalized spacial score (nSPS) is 10.0. The van der Waals surface area contributed by atoms with Crippen LogP contribution in [0.1, 0.15) is 16.7 Å². The number of hydrogen-bond donors (Lipinski definition) is 1. The van der Waals surface area contributed by atoms with E-state index in [1.54, 1.807) is 7.11 Å². The summed E-state index contributed by atoms with van der Waals surface area (Å²) in [6, 6.07) is 3.93. The fraction of sp³-hybridized carbons (Fsp3) is 0.385. The van der Waals surface area contributed by atoms with Crippen molar-refractivity contribution in [3.05, 3.63) is 28.8 Å². The molecule has 0 spiro atoms. The van der Waals surface area contributed by atoms with Crippen LogP contribution >= 0.6 is 0 Å². The number of nitrogens with zero attached hydrogens (tertiary/aromatic N) is 1. The van der Waals surface area contributed by atoms with Crippen molar-refractivity contribution in [1.82, 2.24) is 4.90 Å². The number of ether oxygens (including phenoxy) is 1. The van der Waals surface area contributed by atoms with Gasteiger partial charge < -0.3 is 15.4 Å². The highest BCUT2D eigenvalue weighted by Gasteiger charge is 2.17. The molecule has 0 bridgehead atoms. The van der Waals surface area contributed by atoms with Gasteiger partial charge in [-0.3, -0.25) is 9.59 Å². The summed E-state index contributed by atoms with van der Waals surface area (Å²) in [7, 11) is 3.11. The zero-order valence-electron chi connectivity index (χ0n) is 11.1. The summed E-state index contributed by atoms with van der Waals surface area (Å²) in [5.74, 6) is -0.943. The number of carbonyl (C=O) groups is 2. The Morgan fingerprint density at radius 3 is 2.44 bits per heavy atom. The van der Waals surface area contributed by atoms with E-state index in [9.17, 15) is 9.59 Å². The number of nitrogens with two attached hydrogens (primary N) is 1. The van der Waals surface area contributed by atoms with Gasteiger partial charge in [0.05, 0.1) is 7.11 Å². The maximum atomic E-state index is 11.4. The number of hydrogen-bond acceptors (Lipinski definition) is 3. The van der Waals surface area contributed by atoms with Crippen LogP contribution in [0.5, 0.6) is 5.75 Å². The van der Waals surface area contributed by atoms with E-state index in [2.05, 4.69) is 0 Å². The van der Waals surface area contributed by atoms with Gasteiger partial charge in [0.2, 0.25) is 0 Å². The van der Waals surface area contributed by atoms with Gasteiger partial charge in [0.25, 0.3) is 0 Å². The number of carbonyl (C=O) groups excluding carboxylic acids is 2. The lowest BCUT2D eigenvalue weighted by atomic mass is 10.1. The Labute approximate surface area is 107 Å². The first kappa shape index (κ1) is 14.0. The summed E-state index contributed by atoms with van der Waals surface area (Å²) in [5.41, 5.74) is 7.88. The molecule has 0 aliphatic carbocycles. The topological polar surface area (TPSA) is 72.6 Å². The molecule has 5 heteroatoms. The molecule has 98 valence electrons. The first-order chi connectivity index (χ1) is 8.36. The van der Waals surface area contributed by atoms with Crippen LogP contribution in [0, 0.1) is 13.8 Å². The minimum absolute atomic E-state index is 0.285. The summed E-state index contributed by atoms with van der Waals surface area (Å²) >= 11 is 0. The largest absolute Gasteiger partial charge is 0.496 e. The first-order valence-electron chi connectivity index (χ1n) is 5.55. The third-order valence-corrected chi connectivity index (χ3v) is 2.67. The molecule has 1 aromatic rings. The highest BCUT2D eigenvalue weighted by molar-refractivity contribution is 6.34. The second-order valence-corrected chi connectivity index (χ2v) is 4.30. The molecule has 1 rings (SSSR count). The average Bonchev–Trinajstić information content (AvgIpc) is 2.27. The average molecular weight is 250 g/mol. The monoisotopic (exact) mass is 250 g/mol. The van der Waals surface area contributed by atoms with Crippen LogP contribution in [0.2, 0.25) is 0 Å². The third kappa shape index (κ3) is 3.00. The van der Waals surface area contributed by atoms with Crippen molar-refractivity contribution >= 4 is 11.8 Å². The maximum Gasteiger partial charge on any atom is 0.311 e. The summed E-state index contributed by atoms with van der Waals surface area (Å²) in [4.78, 5) is 23.5. The van der Waals surface area contributed by atoms with Gasteiger partial charge in [-0.2, -0.15) is 0 Å². The molecule has 0 aliphatic rings. The lowest BCUT2D eigenvalue weighted by Crippen LogP contribution is -2.37. The van der Waals surface area contributed by atoms with Crippen molar-refractivity contribution in [2.45, 2.75) is 20.4 Å². The SMILES string of the molecule is COc1c(C)cc(C)cc1CN(C)C(=O)C(N)=O. The van der Waals surface area contributed by atoms with E-state index in [1.807, 2.05) is 26.0 Å². The first-order valence-corrected chi connectivity index (χ1v) is 5.55. The summed E-state index contributed by atoms with van der Waals surface area (Å²) in [6.45, 7) is 4.19. The molecule has 0 aromatic heterocycles. The fourth-order valence-corrected chi connectivity index (χ4v) is 1.97. The Morgan fingerprint density at radius 2 is 1.94 bits per heavy atom. The predicted octanol–water partition coefficient (Wildman–Crippen LogP) is 0.756. The lowest BCUT2D eigenvalue weighted by Gasteiger charge is -2.19. The summed E-state index contributed by atoms with van der Waals surface area (Å²) < 4.78 is 5.32. The molecule has 18 heavy (non-hydrogen) atoms. The molecule has 1 aromatic carbocycles. The Kier molecular flexibility index (Phi) is 4.31. The van der Waals surface area contributed by atoms with Crippen molar-refractivity contribution in [1.29, 1.82) is 0 Å². The van der Waals surface area contributed by atoms with Gasteiger partial charge in [-0.1, -0.05) is 17.7 Å². The van der Waals surface area contributed by atoms with E-state index in [4.69, 9.17) is 10.5 Å². The molecule has 0 unspecified atom stereocenters. The van der Waals surface area contributed by atoms with Gasteiger partial charge in [0.1, 0.15) is 5.75 Å². The van der Waals surface area contributed by atoms with Crippen LogP contribution in [-0.2, 0) is 16.1 Å². The van der Waals surface area contributed by atoms with Crippen LogP contribution in [0.15, 0.2) is 12.1 Å². The Bertz CT molecular complexity index is 483. The smallest absolute Gasteiger partial charge is 0.311 e. The number of primary amides is 1. The molecule has 5 nitrogen and oxygen atoms in total. The number of likely N-dealkylation sites (N-methyl/N-ethyl adjacent to an activating group) is 1. The van der Waals surface area contributed by atoms with Crippen LogP contribution in [-0.4, -0.2) is 30.9 Å². The van der Waals surface area contributed by atoms with Gasteiger partial charge in [0.15, 0.2) is 0 Å². The number of benzene rings is 1. The standard InChI is InChI=1S/C13H18N2O3/c1-8-5-9(2)11(18-4)10(6-8)7-15(3)13(17)12(14)16/h5-6H,7H2,1-4H3,(H2,14,16). The molecule has 0 aliphatic heterocycles. The van der Waals surface area contributed by atoms with Gasteiger partial charge in [-0.25, -0.2) is 0 Å². The molecule has 0 heterocycles. The molecule has 2 N–H and O–H groups in total. The van der Waals surface area contributed by atoms with Crippen molar-refractivity contribution in [3.8, 4) is 5.75 Å². The van der Waals surface area contributed by atoms with Gasteiger partial charge >= 0.3 is 11.8 Å². The van der Waals surface area contributed by atoms with Crippen molar-refractivity contribution < 1.29 is 14.3 Å². The molecular formula is C13H18N2O3. The fourth-order valence-electron chi connectivity index (χ4n) is 1.97.